The largest absolute Gasteiger partial charge is 0.326 e. The van der Waals surface area contributed by atoms with E-state index >= 15 is 0 Å². The Morgan fingerprint density at radius 1 is 1.40 bits per heavy atom. The predicted octanol–water partition coefficient (Wildman–Crippen LogP) is 3.99. The highest BCUT2D eigenvalue weighted by Crippen LogP contribution is 2.56. The van der Waals surface area contributed by atoms with E-state index in [0.717, 1.165) is 10.9 Å². The Kier molecular flexibility index (Phi) is 4.31. The van der Waals surface area contributed by atoms with Gasteiger partial charge in [-0.15, -0.1) is 0 Å². The van der Waals surface area contributed by atoms with Crippen LogP contribution in [0.1, 0.15) is 19.4 Å². The molecule has 0 N–H and O–H groups in total. The third-order valence-corrected chi connectivity index (χ3v) is 4.30. The summed E-state index contributed by atoms with van der Waals surface area (Å²) in [5.41, 5.74) is 0.972. The van der Waals surface area contributed by atoms with Crippen LogP contribution in [-0.4, -0.2) is 13.3 Å². The number of hydrogen-bond donors (Lipinski definition) is 0. The molecule has 1 atom stereocenters. The van der Waals surface area contributed by atoms with E-state index < -0.39 is 7.37 Å². The van der Waals surface area contributed by atoms with Gasteiger partial charge in [0.15, 0.2) is 0 Å². The van der Waals surface area contributed by atoms with Crippen LogP contribution in [0.3, 0.4) is 0 Å². The molecule has 0 heterocycles. The Hall–Kier alpha value is -0.850. The third kappa shape index (κ3) is 3.05. The van der Waals surface area contributed by atoms with Crippen LogP contribution >= 0.6 is 7.37 Å². The summed E-state index contributed by atoms with van der Waals surface area (Å²) in [5, 5.41) is 0.796. The molecule has 0 aliphatic rings. The summed E-state index contributed by atoms with van der Waals surface area (Å²) >= 11 is 0. The molecule has 15 heavy (non-hydrogen) atoms. The first kappa shape index (κ1) is 12.2. The topological polar surface area (TPSA) is 26.3 Å². The summed E-state index contributed by atoms with van der Waals surface area (Å²) in [7, 11) is -2.66. The molecule has 1 rings (SSSR count). The van der Waals surface area contributed by atoms with Gasteiger partial charge in [0.2, 0.25) is 7.37 Å². The maximum Gasteiger partial charge on any atom is 0.229 e. The van der Waals surface area contributed by atoms with Gasteiger partial charge in [0, 0.05) is 12.0 Å². The van der Waals surface area contributed by atoms with Crippen molar-refractivity contribution in [3.05, 3.63) is 42.0 Å². The van der Waals surface area contributed by atoms with E-state index in [1.54, 1.807) is 6.66 Å². The summed E-state index contributed by atoms with van der Waals surface area (Å²) in [6, 6.07) is 9.71. The lowest BCUT2D eigenvalue weighted by Gasteiger charge is -2.16. The van der Waals surface area contributed by atoms with Gasteiger partial charge in [-0.1, -0.05) is 36.4 Å². The first-order valence-electron chi connectivity index (χ1n) is 5.06. The highest BCUT2D eigenvalue weighted by molar-refractivity contribution is 7.69. The molecule has 0 saturated carbocycles. The van der Waals surface area contributed by atoms with Crippen molar-refractivity contribution in [2.45, 2.75) is 13.8 Å². The monoisotopic (exact) mass is 224 g/mol. The van der Waals surface area contributed by atoms with Crippen molar-refractivity contribution in [2.24, 2.45) is 0 Å². The Labute approximate surface area is 91.4 Å². The van der Waals surface area contributed by atoms with Gasteiger partial charge in [-0.05, 0) is 19.4 Å². The van der Waals surface area contributed by atoms with Crippen LogP contribution in [-0.2, 0) is 9.09 Å². The van der Waals surface area contributed by atoms with E-state index in [1.807, 2.05) is 50.3 Å². The van der Waals surface area contributed by atoms with E-state index in [1.165, 1.54) is 0 Å². The normalized spacial score (nSPS) is 16.1. The molecule has 0 spiro atoms. The molecule has 82 valence electrons. The van der Waals surface area contributed by atoms with E-state index in [-0.39, 0.29) is 0 Å². The minimum atomic E-state index is -2.66. The first-order valence-corrected chi connectivity index (χ1v) is 7.13. The minimum absolute atomic E-state index is 0.470. The van der Waals surface area contributed by atoms with E-state index in [0.29, 0.717) is 6.61 Å². The van der Waals surface area contributed by atoms with Gasteiger partial charge in [-0.25, -0.2) is 0 Å². The fourth-order valence-corrected chi connectivity index (χ4v) is 3.28. The van der Waals surface area contributed by atoms with Crippen LogP contribution in [0.25, 0.3) is 5.31 Å². The quantitative estimate of drug-likeness (QED) is 0.723. The highest BCUT2D eigenvalue weighted by Gasteiger charge is 2.22. The van der Waals surface area contributed by atoms with Crippen LogP contribution in [0, 0.1) is 0 Å². The molecule has 0 fully saturated rings. The molecule has 1 unspecified atom stereocenters. The minimum Gasteiger partial charge on any atom is -0.326 e. The Balaban J connectivity index is 3.07. The zero-order chi connectivity index (χ0) is 11.3. The Morgan fingerprint density at radius 3 is 2.47 bits per heavy atom. The molecule has 0 aliphatic heterocycles. The molecule has 0 aliphatic carbocycles. The molecule has 2 nitrogen and oxygen atoms in total. The molecule has 1 aromatic carbocycles. The maximum atomic E-state index is 12.3. The molecule has 0 amide bonds. The van der Waals surface area contributed by atoms with Gasteiger partial charge in [-0.2, -0.15) is 0 Å². The maximum absolute atomic E-state index is 12.3. The molecule has 0 aromatic heterocycles. The van der Waals surface area contributed by atoms with E-state index in [4.69, 9.17) is 4.52 Å². The SMILES string of the molecule is C/C=C(/c1ccccc1)P(C)(=O)OCC. The van der Waals surface area contributed by atoms with Gasteiger partial charge in [-0.3, -0.25) is 4.57 Å². The summed E-state index contributed by atoms with van der Waals surface area (Å²) in [6.07, 6.45) is 1.87. The van der Waals surface area contributed by atoms with Crippen LogP contribution in [0.5, 0.6) is 0 Å². The Morgan fingerprint density at radius 2 is 2.00 bits per heavy atom. The fraction of sp³-hybridized carbons (Fsp3) is 0.333. The molecule has 0 bridgehead atoms. The first-order chi connectivity index (χ1) is 7.11. The molecule has 1 aromatic rings. The zero-order valence-electron chi connectivity index (χ0n) is 9.43. The van der Waals surface area contributed by atoms with Crippen molar-refractivity contribution >= 4 is 12.7 Å². The molecule has 0 radical (unpaired) electrons. The average molecular weight is 224 g/mol. The lowest BCUT2D eigenvalue weighted by molar-refractivity contribution is 0.345. The van der Waals surface area contributed by atoms with Crippen LogP contribution in [0.2, 0.25) is 0 Å². The number of allylic oxidation sites excluding steroid dienone is 1. The lowest BCUT2D eigenvalue weighted by Crippen LogP contribution is -1.92. The summed E-state index contributed by atoms with van der Waals surface area (Å²) in [5.74, 6) is 0. The lowest BCUT2D eigenvalue weighted by atomic mass is 10.2. The van der Waals surface area contributed by atoms with Gasteiger partial charge in [0.1, 0.15) is 0 Å². The van der Waals surface area contributed by atoms with Crippen LogP contribution in [0.15, 0.2) is 36.4 Å². The van der Waals surface area contributed by atoms with Crippen molar-refractivity contribution < 1.29 is 9.09 Å². The van der Waals surface area contributed by atoms with Gasteiger partial charge < -0.3 is 4.52 Å². The van der Waals surface area contributed by atoms with E-state index in [2.05, 4.69) is 0 Å². The van der Waals surface area contributed by atoms with Gasteiger partial charge in [0.05, 0.1) is 6.61 Å². The molecular weight excluding hydrogens is 207 g/mol. The summed E-state index contributed by atoms with van der Waals surface area (Å²) < 4.78 is 17.6. The summed E-state index contributed by atoms with van der Waals surface area (Å²) in [6.45, 7) is 5.88. The second-order valence-corrected chi connectivity index (χ2v) is 5.74. The molecule has 0 saturated heterocycles. The standard InChI is InChI=1S/C12H17O2P/c1-4-12(15(3,13)14-5-2)11-9-7-6-8-10-11/h4,6-10H,5H2,1-3H3/b12-4-. The Bertz CT molecular complexity index is 382. The highest BCUT2D eigenvalue weighted by atomic mass is 31.2. The van der Waals surface area contributed by atoms with Crippen molar-refractivity contribution in [3.8, 4) is 0 Å². The third-order valence-electron chi connectivity index (χ3n) is 2.16. The van der Waals surface area contributed by atoms with Crippen LogP contribution in [0.4, 0.5) is 0 Å². The van der Waals surface area contributed by atoms with Crippen molar-refractivity contribution in [1.82, 2.24) is 0 Å². The fourth-order valence-electron chi connectivity index (χ4n) is 1.56. The number of hydrogen-bond acceptors (Lipinski definition) is 2. The predicted molar refractivity (Wildman–Crippen MR) is 65.2 cm³/mol. The average Bonchev–Trinajstić information content (AvgIpc) is 2.19. The zero-order valence-corrected chi connectivity index (χ0v) is 10.3. The van der Waals surface area contributed by atoms with Crippen LogP contribution < -0.4 is 0 Å². The van der Waals surface area contributed by atoms with Gasteiger partial charge >= 0.3 is 0 Å². The van der Waals surface area contributed by atoms with Crippen molar-refractivity contribution in [3.63, 3.8) is 0 Å². The molecular formula is C12H17O2P. The molecule has 3 heteroatoms. The second-order valence-electron chi connectivity index (χ2n) is 3.30. The number of rotatable bonds is 4. The summed E-state index contributed by atoms with van der Waals surface area (Å²) in [4.78, 5) is 0. The number of benzene rings is 1. The smallest absolute Gasteiger partial charge is 0.229 e. The van der Waals surface area contributed by atoms with Crippen molar-refractivity contribution in [2.75, 3.05) is 13.3 Å². The van der Waals surface area contributed by atoms with Gasteiger partial charge in [0.25, 0.3) is 0 Å². The van der Waals surface area contributed by atoms with Crippen molar-refractivity contribution in [1.29, 1.82) is 0 Å². The van der Waals surface area contributed by atoms with E-state index in [9.17, 15) is 4.57 Å². The second kappa shape index (κ2) is 5.29.